The van der Waals surface area contributed by atoms with E-state index < -0.39 is 0 Å². The standard InChI is InChI=1S/C23H31B/c1-10-13-15-17(4)19(6)23(22(12-3)21(8)24-9)20(7)18(5)16-14-11-2/h10-16,24H,1-3,8H2,4-7,9H3/b15-13-,16-14-,19-17+,20-18+. The van der Waals surface area contributed by atoms with Crippen LogP contribution in [0.5, 0.6) is 0 Å². The van der Waals surface area contributed by atoms with E-state index in [0.717, 1.165) is 18.3 Å². The maximum Gasteiger partial charge on any atom is 0.154 e. The monoisotopic (exact) mass is 318 g/mol. The third kappa shape index (κ3) is 6.08. The molecule has 0 aromatic heterocycles. The van der Waals surface area contributed by atoms with E-state index >= 15 is 0 Å². The maximum absolute atomic E-state index is 4.23. The molecule has 0 aliphatic rings. The largest absolute Gasteiger partial charge is 0.154 e. The molecule has 0 spiro atoms. The fourth-order valence-electron chi connectivity index (χ4n) is 2.37. The van der Waals surface area contributed by atoms with Gasteiger partial charge in [-0.25, -0.2) is 0 Å². The highest BCUT2D eigenvalue weighted by Gasteiger charge is 2.13. The minimum atomic E-state index is 0.897. The second-order valence-electron chi connectivity index (χ2n) is 5.76. The second-order valence-corrected chi connectivity index (χ2v) is 5.76. The molecule has 0 aliphatic heterocycles. The van der Waals surface area contributed by atoms with Gasteiger partial charge in [-0.1, -0.05) is 74.6 Å². The Morgan fingerprint density at radius 2 is 1.21 bits per heavy atom. The molecule has 0 aliphatic carbocycles. The summed E-state index contributed by atoms with van der Waals surface area (Å²) in [4.78, 5) is 0. The first-order valence-electron chi connectivity index (χ1n) is 8.34. The summed E-state index contributed by atoms with van der Waals surface area (Å²) in [5, 5.41) is 0. The van der Waals surface area contributed by atoms with Crippen LogP contribution < -0.4 is 0 Å². The van der Waals surface area contributed by atoms with Crippen molar-refractivity contribution in [1.29, 1.82) is 0 Å². The average molecular weight is 318 g/mol. The van der Waals surface area contributed by atoms with Crippen LogP contribution in [0.25, 0.3) is 0 Å². The minimum Gasteiger partial charge on any atom is -0.104 e. The zero-order chi connectivity index (χ0) is 18.7. The van der Waals surface area contributed by atoms with Crippen LogP contribution in [0.1, 0.15) is 27.7 Å². The van der Waals surface area contributed by atoms with Crippen LogP contribution in [0.15, 0.2) is 108 Å². The summed E-state index contributed by atoms with van der Waals surface area (Å²) in [5.74, 6) is 0. The van der Waals surface area contributed by atoms with Crippen LogP contribution in [0.2, 0.25) is 6.82 Å². The Morgan fingerprint density at radius 1 is 0.792 bits per heavy atom. The van der Waals surface area contributed by atoms with Gasteiger partial charge < -0.3 is 0 Å². The molecule has 0 nitrogen and oxygen atoms in total. The summed E-state index contributed by atoms with van der Waals surface area (Å²) >= 11 is 0. The van der Waals surface area contributed by atoms with Crippen LogP contribution >= 0.6 is 0 Å². The molecule has 0 atom stereocenters. The fourth-order valence-corrected chi connectivity index (χ4v) is 2.37. The normalized spacial score (nSPS) is 13.2. The number of allylic oxidation sites excluding steroid dienone is 14. The highest BCUT2D eigenvalue weighted by Crippen LogP contribution is 2.31. The van der Waals surface area contributed by atoms with Gasteiger partial charge in [0.1, 0.15) is 0 Å². The third-order valence-electron chi connectivity index (χ3n) is 4.18. The van der Waals surface area contributed by atoms with Gasteiger partial charge in [-0.15, -0.1) is 6.58 Å². The van der Waals surface area contributed by atoms with E-state index in [4.69, 9.17) is 0 Å². The first-order chi connectivity index (χ1) is 11.3. The van der Waals surface area contributed by atoms with Crippen LogP contribution in [-0.2, 0) is 0 Å². The SMILES string of the molecule is C=C/C=C\C(C)=C(/C)C(=C(C=C)C(=C)BC)/C(C)=C(C)/C=C\C=C. The van der Waals surface area contributed by atoms with Gasteiger partial charge in [-0.05, 0) is 61.1 Å². The van der Waals surface area contributed by atoms with Gasteiger partial charge in [0.05, 0.1) is 0 Å². The number of hydrogen-bond acceptors (Lipinski definition) is 0. The van der Waals surface area contributed by atoms with Gasteiger partial charge in [0.25, 0.3) is 0 Å². The van der Waals surface area contributed by atoms with Gasteiger partial charge in [-0.2, -0.15) is 0 Å². The molecule has 0 aromatic carbocycles. The first-order valence-corrected chi connectivity index (χ1v) is 8.34. The lowest BCUT2D eigenvalue weighted by molar-refractivity contribution is 1.21. The summed E-state index contributed by atoms with van der Waals surface area (Å²) in [6, 6.07) is 0. The first kappa shape index (κ1) is 21.7. The van der Waals surface area contributed by atoms with Crippen molar-refractivity contribution in [3.63, 3.8) is 0 Å². The lowest BCUT2D eigenvalue weighted by atomic mass is 9.67. The lowest BCUT2D eigenvalue weighted by Gasteiger charge is -2.19. The van der Waals surface area contributed by atoms with Gasteiger partial charge in [0.2, 0.25) is 0 Å². The van der Waals surface area contributed by atoms with Gasteiger partial charge in [0, 0.05) is 0 Å². The molecule has 126 valence electrons. The molecule has 0 saturated heterocycles. The van der Waals surface area contributed by atoms with Crippen LogP contribution in [0.3, 0.4) is 0 Å². The summed E-state index contributed by atoms with van der Waals surface area (Å²) in [6.07, 6.45) is 13.6. The van der Waals surface area contributed by atoms with Crippen molar-refractivity contribution in [2.24, 2.45) is 0 Å². The van der Waals surface area contributed by atoms with Crippen LogP contribution in [0.4, 0.5) is 0 Å². The van der Waals surface area contributed by atoms with Crippen LogP contribution in [0, 0.1) is 0 Å². The van der Waals surface area contributed by atoms with Crippen LogP contribution in [-0.4, -0.2) is 7.28 Å². The van der Waals surface area contributed by atoms with E-state index in [-0.39, 0.29) is 0 Å². The van der Waals surface area contributed by atoms with Crippen molar-refractivity contribution < 1.29 is 0 Å². The molecule has 1 heteroatoms. The molecule has 0 bridgehead atoms. The molecule has 24 heavy (non-hydrogen) atoms. The Morgan fingerprint density at radius 3 is 1.50 bits per heavy atom. The van der Waals surface area contributed by atoms with E-state index in [1.807, 2.05) is 18.2 Å². The Kier molecular flexibility index (Phi) is 10.2. The molecule has 0 unspecified atom stereocenters. The van der Waals surface area contributed by atoms with E-state index in [1.165, 1.54) is 27.9 Å². The van der Waals surface area contributed by atoms with Crippen molar-refractivity contribution in [1.82, 2.24) is 0 Å². The van der Waals surface area contributed by atoms with Crippen molar-refractivity contribution in [2.45, 2.75) is 34.5 Å². The minimum absolute atomic E-state index is 0.897. The molecule has 0 heterocycles. The summed E-state index contributed by atoms with van der Waals surface area (Å²) < 4.78 is 0. The molecular formula is C23H31B. The van der Waals surface area contributed by atoms with E-state index in [2.05, 4.69) is 73.0 Å². The summed E-state index contributed by atoms with van der Waals surface area (Å²) in [5.41, 5.74) is 8.27. The fraction of sp³-hybridized carbons (Fsp3) is 0.217. The smallest absolute Gasteiger partial charge is 0.104 e. The highest BCUT2D eigenvalue weighted by atomic mass is 14.2. The molecule has 0 amide bonds. The maximum atomic E-state index is 4.23. The number of hydrogen-bond donors (Lipinski definition) is 0. The highest BCUT2D eigenvalue weighted by molar-refractivity contribution is 6.45. The predicted octanol–water partition coefficient (Wildman–Crippen LogP) is 6.62. The molecule has 0 radical (unpaired) electrons. The van der Waals surface area contributed by atoms with Crippen molar-refractivity contribution in [3.8, 4) is 0 Å². The average Bonchev–Trinajstić information content (AvgIpc) is 2.59. The topological polar surface area (TPSA) is 0 Å². The van der Waals surface area contributed by atoms with E-state index in [9.17, 15) is 0 Å². The Bertz CT molecular complexity index is 616. The summed E-state index contributed by atoms with van der Waals surface area (Å²) in [6.45, 7) is 26.4. The lowest BCUT2D eigenvalue weighted by Crippen LogP contribution is -2.03. The Balaban J connectivity index is 6.70. The number of rotatable bonds is 9. The Labute approximate surface area is 150 Å². The molecule has 0 fully saturated rings. The molecule has 0 saturated carbocycles. The van der Waals surface area contributed by atoms with Crippen molar-refractivity contribution in [3.05, 3.63) is 108 Å². The second kappa shape index (κ2) is 11.3. The van der Waals surface area contributed by atoms with E-state index in [0.29, 0.717) is 0 Å². The predicted molar refractivity (Wildman–Crippen MR) is 115 cm³/mol. The van der Waals surface area contributed by atoms with Crippen molar-refractivity contribution in [2.75, 3.05) is 0 Å². The zero-order valence-corrected chi connectivity index (χ0v) is 16.1. The Hall–Kier alpha value is -2.28. The van der Waals surface area contributed by atoms with Gasteiger partial charge in [-0.3, -0.25) is 0 Å². The third-order valence-corrected chi connectivity index (χ3v) is 4.18. The van der Waals surface area contributed by atoms with Gasteiger partial charge >= 0.3 is 0 Å². The zero-order valence-electron chi connectivity index (χ0n) is 16.1. The van der Waals surface area contributed by atoms with Crippen molar-refractivity contribution >= 4 is 7.28 Å². The molecule has 0 rings (SSSR count). The quantitative estimate of drug-likeness (QED) is 0.331. The van der Waals surface area contributed by atoms with E-state index in [1.54, 1.807) is 12.2 Å². The van der Waals surface area contributed by atoms with Gasteiger partial charge in [0.15, 0.2) is 7.28 Å². The molecule has 0 N–H and O–H groups in total. The molecule has 0 aromatic rings. The summed E-state index contributed by atoms with van der Waals surface area (Å²) in [7, 11) is 0.897. The molecular weight excluding hydrogens is 287 g/mol.